The Balaban J connectivity index is 1.52. The Bertz CT molecular complexity index is 1220. The highest BCUT2D eigenvalue weighted by Crippen LogP contribution is 2.32. The van der Waals surface area contributed by atoms with E-state index in [1.54, 1.807) is 55.5 Å². The number of fused-ring (bicyclic) bond motifs is 1. The zero-order valence-electron chi connectivity index (χ0n) is 17.8. The van der Waals surface area contributed by atoms with E-state index in [4.69, 9.17) is 18.9 Å². The molecule has 10 heteroatoms. The number of carbonyl (C=O) groups excluding carboxylic acids is 2. The summed E-state index contributed by atoms with van der Waals surface area (Å²) in [7, 11) is 0. The molecular weight excluding hydrogens is 430 g/mol. The second-order valence-electron chi connectivity index (χ2n) is 6.86. The summed E-state index contributed by atoms with van der Waals surface area (Å²) in [5.41, 5.74) is 0.205. The van der Waals surface area contributed by atoms with Gasteiger partial charge in [-0.1, -0.05) is 18.2 Å². The number of carbonyl (C=O) groups is 2. The SMILES string of the molecule is CCOC(=O)c1nn(-c2ccccc2)c(=O)cc1OCC(=O)Nc1ccc2c(c1)OCCO2. The molecule has 0 spiro atoms. The minimum atomic E-state index is -0.774. The van der Waals surface area contributed by atoms with Gasteiger partial charge in [0.25, 0.3) is 11.5 Å². The van der Waals surface area contributed by atoms with Crippen molar-refractivity contribution < 1.29 is 28.5 Å². The summed E-state index contributed by atoms with van der Waals surface area (Å²) < 4.78 is 22.5. The number of hydrogen-bond donors (Lipinski definition) is 1. The summed E-state index contributed by atoms with van der Waals surface area (Å²) in [6.07, 6.45) is 0. The Hall–Kier alpha value is -4.34. The molecule has 1 aliphatic rings. The average Bonchev–Trinajstić information content (AvgIpc) is 2.83. The first kappa shape index (κ1) is 21.9. The van der Waals surface area contributed by atoms with E-state index in [1.165, 1.54) is 0 Å². The van der Waals surface area contributed by atoms with Gasteiger partial charge >= 0.3 is 5.97 Å². The smallest absolute Gasteiger partial charge is 0.362 e. The highest BCUT2D eigenvalue weighted by atomic mass is 16.6. The minimum absolute atomic E-state index is 0.106. The summed E-state index contributed by atoms with van der Waals surface area (Å²) in [5.74, 6) is -0.306. The predicted molar refractivity (Wildman–Crippen MR) is 117 cm³/mol. The van der Waals surface area contributed by atoms with E-state index in [1.807, 2.05) is 0 Å². The third-order valence-corrected chi connectivity index (χ3v) is 4.55. The molecule has 0 aliphatic carbocycles. The molecule has 170 valence electrons. The molecule has 0 unspecified atom stereocenters. The van der Waals surface area contributed by atoms with Gasteiger partial charge in [0.2, 0.25) is 5.69 Å². The third kappa shape index (κ3) is 5.12. The molecule has 2 aromatic carbocycles. The Morgan fingerprint density at radius 3 is 2.58 bits per heavy atom. The molecule has 1 amide bonds. The maximum atomic E-state index is 12.6. The summed E-state index contributed by atoms with van der Waals surface area (Å²) in [6, 6.07) is 14.7. The monoisotopic (exact) mass is 451 g/mol. The lowest BCUT2D eigenvalue weighted by atomic mass is 10.2. The molecule has 1 N–H and O–H groups in total. The molecule has 0 saturated carbocycles. The fourth-order valence-corrected chi connectivity index (χ4v) is 3.11. The van der Waals surface area contributed by atoms with Gasteiger partial charge in [-0.25, -0.2) is 4.79 Å². The van der Waals surface area contributed by atoms with E-state index in [0.717, 1.165) is 10.7 Å². The Morgan fingerprint density at radius 2 is 1.82 bits per heavy atom. The van der Waals surface area contributed by atoms with Gasteiger partial charge in [0.05, 0.1) is 18.4 Å². The predicted octanol–water partition coefficient (Wildman–Crippen LogP) is 2.20. The van der Waals surface area contributed by atoms with E-state index in [2.05, 4.69) is 10.4 Å². The van der Waals surface area contributed by atoms with E-state index in [-0.39, 0.29) is 18.1 Å². The fraction of sp³-hybridized carbons (Fsp3) is 0.217. The van der Waals surface area contributed by atoms with Crippen LogP contribution < -0.4 is 25.1 Å². The number of aromatic nitrogens is 2. The van der Waals surface area contributed by atoms with Gasteiger partial charge in [-0.15, -0.1) is 0 Å². The molecule has 0 radical (unpaired) electrons. The second kappa shape index (κ2) is 9.86. The molecule has 33 heavy (non-hydrogen) atoms. The van der Waals surface area contributed by atoms with Crippen LogP contribution in [0.3, 0.4) is 0 Å². The van der Waals surface area contributed by atoms with Gasteiger partial charge in [-0.3, -0.25) is 9.59 Å². The number of para-hydroxylation sites is 1. The quantitative estimate of drug-likeness (QED) is 0.543. The maximum Gasteiger partial charge on any atom is 0.362 e. The highest BCUT2D eigenvalue weighted by Gasteiger charge is 2.21. The fourth-order valence-electron chi connectivity index (χ4n) is 3.11. The van der Waals surface area contributed by atoms with Crippen LogP contribution in [-0.2, 0) is 9.53 Å². The number of benzene rings is 2. The standard InChI is InChI=1S/C23H21N3O7/c1-2-30-23(29)22-19(13-21(28)26(25-22)16-6-4-3-5-7-16)33-14-20(27)24-15-8-9-17-18(12-15)32-11-10-31-17/h3-9,12-13H,2,10-11,14H2,1H3,(H,24,27). The van der Waals surface area contributed by atoms with Crippen LogP contribution in [0.5, 0.6) is 17.2 Å². The largest absolute Gasteiger partial charge is 0.486 e. The van der Waals surface area contributed by atoms with Crippen molar-refractivity contribution in [1.29, 1.82) is 0 Å². The first-order valence-corrected chi connectivity index (χ1v) is 10.2. The van der Waals surface area contributed by atoms with Gasteiger partial charge < -0.3 is 24.3 Å². The second-order valence-corrected chi connectivity index (χ2v) is 6.86. The van der Waals surface area contributed by atoms with Crippen LogP contribution in [0.1, 0.15) is 17.4 Å². The number of hydrogen-bond acceptors (Lipinski definition) is 8. The van der Waals surface area contributed by atoms with E-state index in [9.17, 15) is 14.4 Å². The van der Waals surface area contributed by atoms with Crippen molar-refractivity contribution in [3.8, 4) is 22.9 Å². The summed E-state index contributed by atoms with van der Waals surface area (Å²) in [5, 5.41) is 6.78. The van der Waals surface area contributed by atoms with Crippen LogP contribution in [0.25, 0.3) is 5.69 Å². The Kier molecular flexibility index (Phi) is 6.53. The van der Waals surface area contributed by atoms with Crippen molar-refractivity contribution in [2.75, 3.05) is 31.7 Å². The zero-order valence-corrected chi connectivity index (χ0v) is 17.8. The molecule has 0 atom stereocenters. The van der Waals surface area contributed by atoms with Crippen LogP contribution >= 0.6 is 0 Å². The highest BCUT2D eigenvalue weighted by molar-refractivity contribution is 5.93. The third-order valence-electron chi connectivity index (χ3n) is 4.55. The number of nitrogens with one attached hydrogen (secondary N) is 1. The van der Waals surface area contributed by atoms with Gasteiger partial charge in [0, 0.05) is 11.8 Å². The first-order valence-electron chi connectivity index (χ1n) is 10.2. The zero-order chi connectivity index (χ0) is 23.2. The van der Waals surface area contributed by atoms with Crippen LogP contribution in [0, 0.1) is 0 Å². The van der Waals surface area contributed by atoms with E-state index >= 15 is 0 Å². The number of nitrogens with zero attached hydrogens (tertiary/aromatic N) is 2. The first-order chi connectivity index (χ1) is 16.0. The summed E-state index contributed by atoms with van der Waals surface area (Å²) >= 11 is 0. The number of amides is 1. The van der Waals surface area contributed by atoms with Crippen molar-refractivity contribution in [2.24, 2.45) is 0 Å². The van der Waals surface area contributed by atoms with Crippen molar-refractivity contribution in [1.82, 2.24) is 9.78 Å². The molecule has 1 aromatic heterocycles. The minimum Gasteiger partial charge on any atom is -0.486 e. The number of rotatable bonds is 7. The molecule has 3 aromatic rings. The maximum absolute atomic E-state index is 12.6. The number of ether oxygens (including phenoxy) is 4. The number of esters is 1. The average molecular weight is 451 g/mol. The summed E-state index contributed by atoms with van der Waals surface area (Å²) in [4.78, 5) is 37.4. The lowest BCUT2D eigenvalue weighted by molar-refractivity contribution is -0.118. The van der Waals surface area contributed by atoms with Crippen molar-refractivity contribution >= 4 is 17.6 Å². The lowest BCUT2D eigenvalue weighted by Gasteiger charge is -2.19. The molecule has 4 rings (SSSR count). The molecule has 0 saturated heterocycles. The Morgan fingerprint density at radius 1 is 1.06 bits per heavy atom. The lowest BCUT2D eigenvalue weighted by Crippen LogP contribution is -2.27. The topological polar surface area (TPSA) is 118 Å². The van der Waals surface area contributed by atoms with Gasteiger partial charge in [-0.05, 0) is 31.2 Å². The summed E-state index contributed by atoms with van der Waals surface area (Å²) in [6.45, 7) is 2.18. The van der Waals surface area contributed by atoms with E-state index in [0.29, 0.717) is 36.1 Å². The molecule has 1 aliphatic heterocycles. The normalized spacial score (nSPS) is 12.0. The van der Waals surface area contributed by atoms with Crippen molar-refractivity contribution in [3.05, 3.63) is 70.6 Å². The van der Waals surface area contributed by atoms with Crippen molar-refractivity contribution in [2.45, 2.75) is 6.92 Å². The van der Waals surface area contributed by atoms with Gasteiger partial charge in [0.1, 0.15) is 13.2 Å². The van der Waals surface area contributed by atoms with Crippen LogP contribution in [0.15, 0.2) is 59.4 Å². The van der Waals surface area contributed by atoms with Gasteiger partial charge in [-0.2, -0.15) is 9.78 Å². The number of anilines is 1. The molecule has 10 nitrogen and oxygen atoms in total. The van der Waals surface area contributed by atoms with Gasteiger partial charge in [0.15, 0.2) is 23.9 Å². The molecular formula is C23H21N3O7. The van der Waals surface area contributed by atoms with Crippen LogP contribution in [0.4, 0.5) is 5.69 Å². The van der Waals surface area contributed by atoms with Crippen molar-refractivity contribution in [3.63, 3.8) is 0 Å². The van der Waals surface area contributed by atoms with Crippen LogP contribution in [-0.4, -0.2) is 48.1 Å². The van der Waals surface area contributed by atoms with E-state index < -0.39 is 24.0 Å². The Labute approximate surface area is 188 Å². The molecule has 0 fully saturated rings. The van der Waals surface area contributed by atoms with Crippen LogP contribution in [0.2, 0.25) is 0 Å². The molecule has 0 bridgehead atoms. The molecule has 2 heterocycles.